The maximum absolute atomic E-state index is 12.7. The van der Waals surface area contributed by atoms with Gasteiger partial charge in [-0.15, -0.1) is 11.3 Å². The van der Waals surface area contributed by atoms with Gasteiger partial charge < -0.3 is 10.3 Å². The molecule has 6 nitrogen and oxygen atoms in total. The van der Waals surface area contributed by atoms with Crippen LogP contribution in [0.25, 0.3) is 10.2 Å². The van der Waals surface area contributed by atoms with Crippen LogP contribution in [0.5, 0.6) is 0 Å². The molecule has 1 amide bonds. The number of carbonyl (C=O) groups is 1. The molecule has 1 aliphatic rings. The first kappa shape index (κ1) is 18.8. The highest BCUT2D eigenvalue weighted by atomic mass is 35.5. The molecule has 1 unspecified atom stereocenters. The minimum Gasteiger partial charge on any atom is -0.349 e. The van der Waals surface area contributed by atoms with Crippen LogP contribution in [0.2, 0.25) is 9.36 Å². The molecule has 0 radical (unpaired) electrons. The molecular weight excluding hydrogens is 429 g/mol. The fourth-order valence-electron chi connectivity index (χ4n) is 3.39. The SMILES string of the molecule is CS(=O)(=O)N[C@H]1c2ccccc2CC1NC(=O)c1cc2sc(Cl)c(Cl)c2[nH]1. The van der Waals surface area contributed by atoms with Gasteiger partial charge in [0.2, 0.25) is 10.0 Å². The molecule has 0 saturated heterocycles. The first-order valence-electron chi connectivity index (χ1n) is 8.05. The highest BCUT2D eigenvalue weighted by molar-refractivity contribution is 7.88. The van der Waals surface area contributed by atoms with Gasteiger partial charge in [0.05, 0.1) is 33.6 Å². The van der Waals surface area contributed by atoms with Crippen molar-refractivity contribution in [3.8, 4) is 0 Å². The van der Waals surface area contributed by atoms with E-state index >= 15 is 0 Å². The van der Waals surface area contributed by atoms with Gasteiger partial charge in [0.25, 0.3) is 5.91 Å². The molecule has 2 heterocycles. The Morgan fingerprint density at radius 2 is 2.04 bits per heavy atom. The monoisotopic (exact) mass is 443 g/mol. The zero-order valence-electron chi connectivity index (χ0n) is 14.0. The molecule has 2 atom stereocenters. The second-order valence-electron chi connectivity index (χ2n) is 6.46. The number of nitrogens with one attached hydrogen (secondary N) is 3. The first-order chi connectivity index (χ1) is 12.7. The van der Waals surface area contributed by atoms with Crippen molar-refractivity contribution in [2.45, 2.75) is 18.5 Å². The van der Waals surface area contributed by atoms with E-state index < -0.39 is 22.1 Å². The van der Waals surface area contributed by atoms with Crippen molar-refractivity contribution in [3.63, 3.8) is 0 Å². The van der Waals surface area contributed by atoms with Gasteiger partial charge in [-0.3, -0.25) is 4.79 Å². The Kier molecular flexibility index (Phi) is 4.72. The third-order valence-corrected chi connectivity index (χ3v) is 7.12. The van der Waals surface area contributed by atoms with Gasteiger partial charge in [-0.1, -0.05) is 47.5 Å². The predicted octanol–water partition coefficient (Wildman–Crippen LogP) is 3.48. The van der Waals surface area contributed by atoms with E-state index in [1.165, 1.54) is 11.3 Å². The number of carbonyl (C=O) groups excluding carboxylic acids is 1. The summed E-state index contributed by atoms with van der Waals surface area (Å²) >= 11 is 13.4. The summed E-state index contributed by atoms with van der Waals surface area (Å²) in [4.78, 5) is 15.7. The lowest BCUT2D eigenvalue weighted by Gasteiger charge is -2.22. The Morgan fingerprint density at radius 3 is 2.74 bits per heavy atom. The van der Waals surface area contributed by atoms with Crippen molar-refractivity contribution in [2.24, 2.45) is 0 Å². The maximum Gasteiger partial charge on any atom is 0.268 e. The van der Waals surface area contributed by atoms with E-state index in [4.69, 9.17) is 23.2 Å². The number of halogens is 2. The lowest BCUT2D eigenvalue weighted by Crippen LogP contribution is -2.44. The van der Waals surface area contributed by atoms with Crippen LogP contribution in [-0.2, 0) is 16.4 Å². The van der Waals surface area contributed by atoms with Crippen LogP contribution in [0.15, 0.2) is 30.3 Å². The average Bonchev–Trinajstić information content (AvgIpc) is 3.22. The molecule has 0 bridgehead atoms. The number of hydrogen-bond acceptors (Lipinski definition) is 4. The summed E-state index contributed by atoms with van der Waals surface area (Å²) in [5.74, 6) is -0.330. The fourth-order valence-corrected chi connectivity index (χ4v) is 5.63. The van der Waals surface area contributed by atoms with Gasteiger partial charge >= 0.3 is 0 Å². The number of benzene rings is 1. The largest absolute Gasteiger partial charge is 0.349 e. The van der Waals surface area contributed by atoms with Crippen molar-refractivity contribution in [1.29, 1.82) is 0 Å². The molecule has 1 aliphatic carbocycles. The van der Waals surface area contributed by atoms with Gasteiger partial charge in [-0.05, 0) is 23.6 Å². The molecule has 3 aromatic rings. The lowest BCUT2D eigenvalue weighted by molar-refractivity contribution is 0.0927. The number of fused-ring (bicyclic) bond motifs is 2. The van der Waals surface area contributed by atoms with Gasteiger partial charge in [0, 0.05) is 0 Å². The summed E-state index contributed by atoms with van der Waals surface area (Å²) in [6, 6.07) is 8.32. The molecule has 142 valence electrons. The molecule has 0 aliphatic heterocycles. The van der Waals surface area contributed by atoms with Crippen LogP contribution < -0.4 is 10.0 Å². The van der Waals surface area contributed by atoms with Crippen molar-refractivity contribution in [2.75, 3.05) is 6.26 Å². The van der Waals surface area contributed by atoms with Crippen molar-refractivity contribution >= 4 is 60.7 Å². The summed E-state index contributed by atoms with van der Waals surface area (Å²) in [5, 5.41) is 3.32. The second kappa shape index (κ2) is 6.79. The lowest BCUT2D eigenvalue weighted by atomic mass is 10.1. The van der Waals surface area contributed by atoms with Crippen molar-refractivity contribution in [3.05, 3.63) is 56.5 Å². The number of thiophene rings is 1. The van der Waals surface area contributed by atoms with E-state index in [2.05, 4.69) is 15.0 Å². The van der Waals surface area contributed by atoms with Crippen LogP contribution in [0.3, 0.4) is 0 Å². The van der Waals surface area contributed by atoms with Crippen LogP contribution >= 0.6 is 34.5 Å². The van der Waals surface area contributed by atoms with Gasteiger partial charge in [0.15, 0.2) is 0 Å². The molecule has 4 rings (SSSR count). The predicted molar refractivity (Wildman–Crippen MR) is 108 cm³/mol. The summed E-state index contributed by atoms with van der Waals surface area (Å²) in [5.41, 5.74) is 2.85. The standard InChI is InChI=1S/C17H15Cl2N3O3S2/c1-27(24,25)22-14-9-5-3-2-4-8(9)6-10(14)21-17(23)11-7-12-15(20-11)13(18)16(19)26-12/h2-5,7,10,14,20,22H,6H2,1H3,(H,21,23)/t10?,14-/m0/s1. The van der Waals surface area contributed by atoms with Gasteiger partial charge in [-0.2, -0.15) is 0 Å². The van der Waals surface area contributed by atoms with E-state index in [9.17, 15) is 13.2 Å². The number of amides is 1. The van der Waals surface area contributed by atoms with E-state index in [0.29, 0.717) is 27.0 Å². The van der Waals surface area contributed by atoms with E-state index in [-0.39, 0.29) is 5.91 Å². The third kappa shape index (κ3) is 3.60. The Labute approximate surface area is 169 Å². The van der Waals surface area contributed by atoms with Crippen molar-refractivity contribution in [1.82, 2.24) is 15.0 Å². The Hall–Kier alpha value is -1.58. The minimum atomic E-state index is -3.45. The number of H-pyrrole nitrogens is 1. The molecule has 2 aromatic heterocycles. The molecule has 3 N–H and O–H groups in total. The summed E-state index contributed by atoms with van der Waals surface area (Å²) in [7, 11) is -3.45. The molecule has 10 heteroatoms. The second-order valence-corrected chi connectivity index (χ2v) is 10.3. The number of aromatic amines is 1. The molecule has 27 heavy (non-hydrogen) atoms. The van der Waals surface area contributed by atoms with Crippen molar-refractivity contribution < 1.29 is 13.2 Å². The first-order valence-corrected chi connectivity index (χ1v) is 11.5. The highest BCUT2D eigenvalue weighted by Crippen LogP contribution is 2.39. The van der Waals surface area contributed by atoms with Gasteiger partial charge in [0.1, 0.15) is 10.0 Å². The maximum atomic E-state index is 12.7. The number of rotatable bonds is 4. The number of hydrogen-bond donors (Lipinski definition) is 3. The summed E-state index contributed by atoms with van der Waals surface area (Å²) in [6.45, 7) is 0. The van der Waals surface area contributed by atoms with Crippen LogP contribution in [0.4, 0.5) is 0 Å². The number of aromatic nitrogens is 1. The topological polar surface area (TPSA) is 91.1 Å². The van der Waals surface area contributed by atoms with E-state index in [1.54, 1.807) is 6.07 Å². The third-order valence-electron chi connectivity index (χ3n) is 4.51. The normalized spacial score (nSPS) is 19.4. The quantitative estimate of drug-likeness (QED) is 0.576. The van der Waals surface area contributed by atoms with Crippen LogP contribution in [-0.4, -0.2) is 31.6 Å². The molecular formula is C17H15Cl2N3O3S2. The zero-order valence-corrected chi connectivity index (χ0v) is 17.2. The van der Waals surface area contributed by atoms with Crippen LogP contribution in [0, 0.1) is 0 Å². The van der Waals surface area contributed by atoms with E-state index in [1.807, 2.05) is 24.3 Å². The van der Waals surface area contributed by atoms with Gasteiger partial charge in [-0.25, -0.2) is 13.1 Å². The van der Waals surface area contributed by atoms with Crippen LogP contribution in [0.1, 0.15) is 27.7 Å². The Balaban J connectivity index is 1.60. The Morgan fingerprint density at radius 1 is 1.30 bits per heavy atom. The smallest absolute Gasteiger partial charge is 0.268 e. The summed E-state index contributed by atoms with van der Waals surface area (Å²) < 4.78 is 27.5. The molecule has 0 saturated carbocycles. The fraction of sp³-hybridized carbons (Fsp3) is 0.235. The number of sulfonamides is 1. The minimum absolute atomic E-state index is 0.330. The molecule has 1 aromatic carbocycles. The summed E-state index contributed by atoms with van der Waals surface area (Å²) in [6.07, 6.45) is 1.65. The zero-order chi connectivity index (χ0) is 19.3. The average molecular weight is 444 g/mol. The highest BCUT2D eigenvalue weighted by Gasteiger charge is 2.35. The molecule has 0 fully saturated rings. The molecule has 0 spiro atoms. The Bertz CT molecular complexity index is 1150. The van der Waals surface area contributed by atoms with E-state index in [0.717, 1.165) is 22.1 Å².